The first kappa shape index (κ1) is 18.5. The summed E-state index contributed by atoms with van der Waals surface area (Å²) in [5.41, 5.74) is 3.30. The molecule has 4 heteroatoms. The van der Waals surface area contributed by atoms with Crippen LogP contribution >= 0.6 is 0 Å². The highest BCUT2D eigenvalue weighted by Crippen LogP contribution is 2.25. The molecule has 1 atom stereocenters. The Balaban J connectivity index is 1.93. The third-order valence-electron chi connectivity index (χ3n) is 4.44. The molecule has 0 heterocycles. The summed E-state index contributed by atoms with van der Waals surface area (Å²) in [6.45, 7) is 3.89. The Bertz CT molecular complexity index is 963. The van der Waals surface area contributed by atoms with Gasteiger partial charge in [-0.25, -0.2) is 9.18 Å². The van der Waals surface area contributed by atoms with E-state index in [1.807, 2.05) is 26.0 Å². The predicted molar refractivity (Wildman–Crippen MR) is 101 cm³/mol. The largest absolute Gasteiger partial charge is 0.445 e. The Morgan fingerprint density at radius 2 is 1.44 bits per heavy atom. The Labute approximate surface area is 157 Å². The van der Waals surface area contributed by atoms with Gasteiger partial charge >= 0.3 is 5.97 Å². The molecule has 136 valence electrons. The summed E-state index contributed by atoms with van der Waals surface area (Å²) in [5, 5.41) is 0. The van der Waals surface area contributed by atoms with E-state index in [1.54, 1.807) is 36.4 Å². The Kier molecular flexibility index (Phi) is 5.46. The lowest BCUT2D eigenvalue weighted by Crippen LogP contribution is -2.20. The average Bonchev–Trinajstić information content (AvgIpc) is 2.68. The van der Waals surface area contributed by atoms with Gasteiger partial charge in [0.2, 0.25) is 5.78 Å². The molecule has 3 aromatic rings. The molecule has 0 aliphatic carbocycles. The van der Waals surface area contributed by atoms with E-state index >= 15 is 0 Å². The van der Waals surface area contributed by atoms with E-state index in [9.17, 15) is 14.0 Å². The van der Waals surface area contributed by atoms with E-state index in [-0.39, 0.29) is 11.3 Å². The van der Waals surface area contributed by atoms with Gasteiger partial charge in [0.05, 0.1) is 5.56 Å². The van der Waals surface area contributed by atoms with E-state index in [1.165, 1.54) is 24.3 Å². The molecule has 0 aromatic heterocycles. The normalized spacial score (nSPS) is 11.7. The van der Waals surface area contributed by atoms with Crippen molar-refractivity contribution >= 4 is 11.8 Å². The molecule has 3 aromatic carbocycles. The number of esters is 1. The van der Waals surface area contributed by atoms with Gasteiger partial charge in [0.15, 0.2) is 6.10 Å². The molecule has 0 aliphatic heterocycles. The zero-order chi connectivity index (χ0) is 19.4. The number of aryl methyl sites for hydroxylation is 2. The SMILES string of the molecule is Cc1ccc(C(=O)[C@H](OC(=O)c2ccc(F)cc2)c2ccccc2)cc1C. The molecule has 3 rings (SSSR count). The number of ether oxygens (including phenoxy) is 1. The van der Waals surface area contributed by atoms with Crippen LogP contribution in [0.4, 0.5) is 4.39 Å². The van der Waals surface area contributed by atoms with Crippen molar-refractivity contribution in [1.82, 2.24) is 0 Å². The molecule has 0 saturated heterocycles. The Morgan fingerprint density at radius 1 is 0.815 bits per heavy atom. The number of hydrogen-bond acceptors (Lipinski definition) is 3. The van der Waals surface area contributed by atoms with Crippen molar-refractivity contribution < 1.29 is 18.7 Å². The first-order valence-electron chi connectivity index (χ1n) is 8.58. The number of ketones is 1. The van der Waals surface area contributed by atoms with Crippen molar-refractivity contribution in [3.63, 3.8) is 0 Å². The van der Waals surface area contributed by atoms with Crippen LogP contribution in [0.15, 0.2) is 72.8 Å². The van der Waals surface area contributed by atoms with Crippen LogP contribution in [0.5, 0.6) is 0 Å². The summed E-state index contributed by atoms with van der Waals surface area (Å²) < 4.78 is 18.6. The predicted octanol–water partition coefficient (Wildman–Crippen LogP) is 5.22. The number of rotatable bonds is 5. The van der Waals surface area contributed by atoms with Crippen LogP contribution in [0.25, 0.3) is 0 Å². The topological polar surface area (TPSA) is 43.4 Å². The second-order valence-electron chi connectivity index (χ2n) is 6.37. The molecule has 0 saturated carbocycles. The summed E-state index contributed by atoms with van der Waals surface area (Å²) >= 11 is 0. The molecule has 0 N–H and O–H groups in total. The fourth-order valence-electron chi connectivity index (χ4n) is 2.71. The molecule has 27 heavy (non-hydrogen) atoms. The molecule has 0 amide bonds. The van der Waals surface area contributed by atoms with Crippen molar-refractivity contribution in [2.45, 2.75) is 20.0 Å². The van der Waals surface area contributed by atoms with Gasteiger partial charge in [-0.15, -0.1) is 0 Å². The number of carbonyl (C=O) groups is 2. The smallest absolute Gasteiger partial charge is 0.339 e. The minimum Gasteiger partial charge on any atom is -0.445 e. The van der Waals surface area contributed by atoms with Gasteiger partial charge in [-0.2, -0.15) is 0 Å². The van der Waals surface area contributed by atoms with Gasteiger partial charge in [-0.05, 0) is 55.3 Å². The lowest BCUT2D eigenvalue weighted by molar-refractivity contribution is 0.0280. The number of benzene rings is 3. The van der Waals surface area contributed by atoms with Gasteiger partial charge < -0.3 is 4.74 Å². The Hall–Kier alpha value is -3.27. The van der Waals surface area contributed by atoms with Crippen LogP contribution in [0.3, 0.4) is 0 Å². The molecule has 0 fully saturated rings. The van der Waals surface area contributed by atoms with Crippen molar-refractivity contribution in [3.05, 3.63) is 106 Å². The zero-order valence-electron chi connectivity index (χ0n) is 15.1. The first-order chi connectivity index (χ1) is 13.0. The maximum atomic E-state index is 13.1. The maximum Gasteiger partial charge on any atom is 0.339 e. The lowest BCUT2D eigenvalue weighted by Gasteiger charge is -2.18. The van der Waals surface area contributed by atoms with E-state index in [2.05, 4.69) is 0 Å². The third kappa shape index (κ3) is 4.29. The molecule has 0 unspecified atom stereocenters. The minimum atomic E-state index is -1.08. The first-order valence-corrected chi connectivity index (χ1v) is 8.58. The third-order valence-corrected chi connectivity index (χ3v) is 4.44. The fourth-order valence-corrected chi connectivity index (χ4v) is 2.71. The van der Waals surface area contributed by atoms with Gasteiger partial charge in [0.1, 0.15) is 5.82 Å². The molecular weight excluding hydrogens is 343 g/mol. The van der Waals surface area contributed by atoms with Crippen LogP contribution in [-0.4, -0.2) is 11.8 Å². The second kappa shape index (κ2) is 7.96. The minimum absolute atomic E-state index is 0.185. The van der Waals surface area contributed by atoms with Crippen LogP contribution in [0, 0.1) is 19.7 Å². The summed E-state index contributed by atoms with van der Waals surface area (Å²) in [7, 11) is 0. The average molecular weight is 362 g/mol. The van der Waals surface area contributed by atoms with Crippen molar-refractivity contribution in [2.75, 3.05) is 0 Å². The van der Waals surface area contributed by atoms with Crippen LogP contribution < -0.4 is 0 Å². The summed E-state index contributed by atoms with van der Waals surface area (Å²) in [4.78, 5) is 25.6. The number of carbonyl (C=O) groups excluding carboxylic acids is 2. The molecule has 0 aliphatic rings. The van der Waals surface area contributed by atoms with Crippen LogP contribution in [-0.2, 0) is 4.74 Å². The fraction of sp³-hybridized carbons (Fsp3) is 0.130. The van der Waals surface area contributed by atoms with E-state index in [0.29, 0.717) is 11.1 Å². The van der Waals surface area contributed by atoms with Crippen molar-refractivity contribution in [3.8, 4) is 0 Å². The second-order valence-corrected chi connectivity index (χ2v) is 6.37. The summed E-state index contributed by atoms with van der Waals surface area (Å²) in [6, 6.07) is 19.3. The standard InChI is InChI=1S/C23H19FO3/c1-15-8-9-19(14-16(15)2)21(25)22(17-6-4-3-5-7-17)27-23(26)18-10-12-20(24)13-11-18/h3-14,22H,1-2H3/t22-/m1/s1. The zero-order valence-corrected chi connectivity index (χ0v) is 15.1. The van der Waals surface area contributed by atoms with E-state index < -0.39 is 17.9 Å². The van der Waals surface area contributed by atoms with Crippen LogP contribution in [0.1, 0.15) is 43.5 Å². The Morgan fingerprint density at radius 3 is 2.07 bits per heavy atom. The number of halogens is 1. The van der Waals surface area contributed by atoms with Gasteiger partial charge in [-0.3, -0.25) is 4.79 Å². The molecule has 0 spiro atoms. The molecule has 0 radical (unpaired) electrons. The van der Waals surface area contributed by atoms with Crippen molar-refractivity contribution in [1.29, 1.82) is 0 Å². The summed E-state index contributed by atoms with van der Waals surface area (Å²) in [6.07, 6.45) is -1.08. The highest BCUT2D eigenvalue weighted by atomic mass is 19.1. The van der Waals surface area contributed by atoms with Gasteiger partial charge in [-0.1, -0.05) is 42.5 Å². The van der Waals surface area contributed by atoms with E-state index in [0.717, 1.165) is 11.1 Å². The molecule has 3 nitrogen and oxygen atoms in total. The quantitative estimate of drug-likeness (QED) is 0.461. The van der Waals surface area contributed by atoms with Crippen molar-refractivity contribution in [2.24, 2.45) is 0 Å². The number of hydrogen-bond donors (Lipinski definition) is 0. The summed E-state index contributed by atoms with van der Waals surface area (Å²) in [5.74, 6) is -1.43. The molecular formula is C23H19FO3. The van der Waals surface area contributed by atoms with Gasteiger partial charge in [0, 0.05) is 11.1 Å². The van der Waals surface area contributed by atoms with E-state index in [4.69, 9.17) is 4.74 Å². The maximum absolute atomic E-state index is 13.1. The highest BCUT2D eigenvalue weighted by molar-refractivity contribution is 6.02. The number of Topliss-reactive ketones (excluding diaryl/α,β-unsaturated/α-hetero) is 1. The van der Waals surface area contributed by atoms with Crippen LogP contribution in [0.2, 0.25) is 0 Å². The van der Waals surface area contributed by atoms with Gasteiger partial charge in [0.25, 0.3) is 0 Å². The molecule has 0 bridgehead atoms. The highest BCUT2D eigenvalue weighted by Gasteiger charge is 2.27. The lowest BCUT2D eigenvalue weighted by atomic mass is 9.97. The monoisotopic (exact) mass is 362 g/mol.